The third-order valence-corrected chi connectivity index (χ3v) is 17.4. The van der Waals surface area contributed by atoms with E-state index in [4.69, 9.17) is 0 Å². The van der Waals surface area contributed by atoms with Gasteiger partial charge in [0.2, 0.25) is 0 Å². The lowest BCUT2D eigenvalue weighted by Gasteiger charge is -2.75. The third-order valence-electron chi connectivity index (χ3n) is 17.4. The summed E-state index contributed by atoms with van der Waals surface area (Å²) in [4.78, 5) is 29.5. The fraction of sp³-hybridized carbons (Fsp3) is 0.727. The number of carbonyl (C=O) groups is 2. The van der Waals surface area contributed by atoms with Crippen LogP contribution in [0, 0.1) is 56.2 Å². The Balaban J connectivity index is 1.19. The van der Waals surface area contributed by atoms with Crippen LogP contribution in [-0.4, -0.2) is 66.7 Å². The minimum absolute atomic E-state index is 0.000916. The van der Waals surface area contributed by atoms with Crippen LogP contribution in [0.2, 0.25) is 0 Å². The van der Waals surface area contributed by atoms with Gasteiger partial charge in [-0.25, -0.2) is 9.59 Å². The molecule has 6 heteroatoms. The van der Waals surface area contributed by atoms with E-state index >= 15 is 0 Å². The number of piperazine rings is 1. The number of hydrogen-bond donors (Lipinski definition) is 2. The van der Waals surface area contributed by atoms with E-state index in [1.54, 1.807) is 12.1 Å². The molecule has 2 unspecified atom stereocenters. The molecule has 1 aromatic carbocycles. The van der Waals surface area contributed by atoms with Crippen molar-refractivity contribution in [3.05, 3.63) is 53.6 Å². The zero-order valence-electron chi connectivity index (χ0n) is 32.5. The van der Waals surface area contributed by atoms with Crippen molar-refractivity contribution in [3.8, 4) is 0 Å². The second-order valence-electron chi connectivity index (χ2n) is 19.6. The van der Waals surface area contributed by atoms with Crippen molar-refractivity contribution in [1.82, 2.24) is 15.1 Å². The molecule has 2 amide bonds. The first-order valence-electron chi connectivity index (χ1n) is 19.8. The smallest absolute Gasteiger partial charge is 0.335 e. The van der Waals surface area contributed by atoms with E-state index in [2.05, 4.69) is 78.4 Å². The number of urea groups is 1. The highest BCUT2D eigenvalue weighted by Crippen LogP contribution is 2.81. The molecule has 50 heavy (non-hydrogen) atoms. The molecule has 7 rings (SSSR count). The third kappa shape index (κ3) is 4.95. The summed E-state index contributed by atoms with van der Waals surface area (Å²) >= 11 is 0. The molecule has 5 aliphatic carbocycles. The molecule has 0 radical (unpaired) electrons. The van der Waals surface area contributed by atoms with Gasteiger partial charge in [-0.2, -0.15) is 0 Å². The van der Waals surface area contributed by atoms with Gasteiger partial charge in [-0.1, -0.05) is 71.9 Å². The number of benzene rings is 1. The number of carboxylic acids is 1. The molecular weight excluding hydrogens is 619 g/mol. The minimum atomic E-state index is -0.868. The molecule has 9 atom stereocenters. The lowest BCUT2D eigenvalue weighted by Crippen LogP contribution is -2.69. The van der Waals surface area contributed by atoms with Crippen molar-refractivity contribution in [2.75, 3.05) is 39.8 Å². The van der Waals surface area contributed by atoms with Crippen LogP contribution < -0.4 is 5.32 Å². The Morgan fingerprint density at radius 3 is 2.14 bits per heavy atom. The van der Waals surface area contributed by atoms with Gasteiger partial charge in [-0.15, -0.1) is 0 Å². The maximum atomic E-state index is 13.5. The molecule has 1 heterocycles. The average Bonchev–Trinajstić information content (AvgIpc) is 3.46. The second kappa shape index (κ2) is 12.0. The number of fused-ring (bicyclic) bond motifs is 7. The first kappa shape index (κ1) is 35.8. The largest absolute Gasteiger partial charge is 0.478 e. The molecule has 6 aliphatic rings. The summed E-state index contributed by atoms with van der Waals surface area (Å²) in [7, 11) is 2.14. The Morgan fingerprint density at radius 1 is 0.860 bits per heavy atom. The highest BCUT2D eigenvalue weighted by Gasteiger charge is 2.74. The van der Waals surface area contributed by atoms with Gasteiger partial charge in [0.15, 0.2) is 0 Å². The second-order valence-corrected chi connectivity index (χ2v) is 19.6. The Bertz CT molecular complexity index is 1570. The molecule has 1 aliphatic heterocycles. The molecule has 0 spiro atoms. The lowest BCUT2D eigenvalue weighted by atomic mass is 9.29. The Kier molecular flexibility index (Phi) is 8.56. The normalized spacial score (nSPS) is 42.3. The van der Waals surface area contributed by atoms with Crippen LogP contribution in [0.5, 0.6) is 0 Å². The molecule has 4 saturated carbocycles. The lowest BCUT2D eigenvalue weighted by molar-refractivity contribution is -0.262. The van der Waals surface area contributed by atoms with E-state index in [0.717, 1.165) is 39.1 Å². The van der Waals surface area contributed by atoms with Crippen molar-refractivity contribution >= 4 is 17.6 Å². The van der Waals surface area contributed by atoms with Crippen LogP contribution in [0.4, 0.5) is 4.79 Å². The van der Waals surface area contributed by atoms with Crippen LogP contribution in [0.15, 0.2) is 42.5 Å². The average molecular weight is 684 g/mol. The monoisotopic (exact) mass is 684 g/mol. The van der Waals surface area contributed by atoms with Gasteiger partial charge in [-0.05, 0) is 151 Å². The number of nitrogens with zero attached hydrogens (tertiary/aromatic N) is 2. The quantitative estimate of drug-likeness (QED) is 0.304. The number of nitrogens with one attached hydrogen (secondary N) is 1. The topological polar surface area (TPSA) is 72.9 Å². The number of rotatable bonds is 5. The number of carboxylic acid groups (broad SMARTS) is 1. The number of aromatic carboxylic acids is 1. The number of hydrogen-bond acceptors (Lipinski definition) is 3. The minimum Gasteiger partial charge on any atom is -0.478 e. The van der Waals surface area contributed by atoms with E-state index < -0.39 is 5.97 Å². The summed E-state index contributed by atoms with van der Waals surface area (Å²) in [6.07, 6.45) is 13.5. The molecule has 274 valence electrons. The van der Waals surface area contributed by atoms with Crippen molar-refractivity contribution < 1.29 is 14.7 Å². The molecule has 1 saturated heterocycles. The summed E-state index contributed by atoms with van der Waals surface area (Å²) in [5.74, 6) is 1.40. The molecule has 1 aromatic rings. The first-order chi connectivity index (χ1) is 23.4. The standard InChI is InChI=1S/C44H65N3O3/c1-29(2)32-14-21-44(28-45-38(50)47-26-24-46(9)25-27-47)23-22-43(8)41(6)19-16-34-39(3,4)33(30-10-12-31(13-11-30)37(48)49)15-18-40(34,5)35(41)17-20-42(43,7)36(32)44/h10-13,15,32,34-36H,1,14,16-28H2,2-9H3,(H,45,50)(H,48,49)/t32-,34-,35+,36+,40-,41+,42?,43-,44?/m0/s1. The molecule has 2 N–H and O–H groups in total. The highest BCUT2D eigenvalue weighted by atomic mass is 16.4. The molecular formula is C44H65N3O3. The fourth-order valence-electron chi connectivity index (χ4n) is 14.5. The Labute approximate surface area is 302 Å². The summed E-state index contributed by atoms with van der Waals surface area (Å²) in [6, 6.07) is 7.73. The zero-order chi connectivity index (χ0) is 36.1. The SMILES string of the molecule is C=C(C)[C@@H]1CCC2(CNC(=O)N3CCN(C)CC3)CC[C@]3(C)C(C)(CC[C@@H]4[C@@]5(C)CC=C(c6ccc(C(=O)O)cc6)C(C)(C)[C@@H]5CC[C@]43C)[C@@H]12. The predicted molar refractivity (Wildman–Crippen MR) is 203 cm³/mol. The van der Waals surface area contributed by atoms with Crippen molar-refractivity contribution in [3.63, 3.8) is 0 Å². The molecule has 5 fully saturated rings. The highest BCUT2D eigenvalue weighted by molar-refractivity contribution is 5.88. The van der Waals surface area contributed by atoms with Crippen LogP contribution in [0.25, 0.3) is 5.57 Å². The van der Waals surface area contributed by atoms with E-state index in [9.17, 15) is 14.7 Å². The van der Waals surface area contributed by atoms with E-state index in [1.807, 2.05) is 17.0 Å². The van der Waals surface area contributed by atoms with Gasteiger partial charge < -0.3 is 20.2 Å². The van der Waals surface area contributed by atoms with Crippen LogP contribution in [-0.2, 0) is 0 Å². The maximum absolute atomic E-state index is 13.5. The van der Waals surface area contributed by atoms with Gasteiger partial charge in [-0.3, -0.25) is 0 Å². The van der Waals surface area contributed by atoms with Crippen molar-refractivity contribution in [2.24, 2.45) is 56.2 Å². The summed E-state index contributed by atoms with van der Waals surface area (Å²) in [6.45, 7) is 26.9. The Morgan fingerprint density at radius 2 is 1.50 bits per heavy atom. The van der Waals surface area contributed by atoms with Gasteiger partial charge in [0.1, 0.15) is 0 Å². The fourth-order valence-corrected chi connectivity index (χ4v) is 14.5. The zero-order valence-corrected chi connectivity index (χ0v) is 32.5. The van der Waals surface area contributed by atoms with Crippen molar-refractivity contribution in [1.29, 1.82) is 0 Å². The number of carbonyl (C=O) groups excluding carboxylic acids is 1. The molecule has 0 aromatic heterocycles. The number of likely N-dealkylation sites (N-methyl/N-ethyl adjacent to an activating group) is 1. The van der Waals surface area contributed by atoms with Crippen LogP contribution in [0.1, 0.15) is 122 Å². The summed E-state index contributed by atoms with van der Waals surface area (Å²) in [5.41, 5.74) is 5.21. The molecule has 0 bridgehead atoms. The number of amides is 2. The van der Waals surface area contributed by atoms with Crippen LogP contribution >= 0.6 is 0 Å². The van der Waals surface area contributed by atoms with Gasteiger partial charge >= 0.3 is 12.0 Å². The van der Waals surface area contributed by atoms with Gasteiger partial charge in [0.05, 0.1) is 5.56 Å². The summed E-state index contributed by atoms with van der Waals surface area (Å²) < 4.78 is 0. The van der Waals surface area contributed by atoms with E-state index in [1.165, 1.54) is 68.1 Å². The van der Waals surface area contributed by atoms with E-state index in [0.29, 0.717) is 29.2 Å². The van der Waals surface area contributed by atoms with E-state index in [-0.39, 0.29) is 38.5 Å². The van der Waals surface area contributed by atoms with Gasteiger partial charge in [0, 0.05) is 32.7 Å². The first-order valence-corrected chi connectivity index (χ1v) is 19.8. The van der Waals surface area contributed by atoms with Gasteiger partial charge in [0.25, 0.3) is 0 Å². The van der Waals surface area contributed by atoms with Crippen molar-refractivity contribution in [2.45, 2.75) is 106 Å². The predicted octanol–water partition coefficient (Wildman–Crippen LogP) is 9.38. The van der Waals surface area contributed by atoms with Crippen LogP contribution in [0.3, 0.4) is 0 Å². The molecule has 6 nitrogen and oxygen atoms in total. The number of allylic oxidation sites excluding steroid dienone is 3. The Hall–Kier alpha value is -2.60. The maximum Gasteiger partial charge on any atom is 0.335 e. The summed E-state index contributed by atoms with van der Waals surface area (Å²) in [5, 5.41) is 13.0.